The average molecular weight is 314 g/mol. The van der Waals surface area contributed by atoms with Gasteiger partial charge in [0.1, 0.15) is 28.8 Å². The predicted molar refractivity (Wildman–Crippen MR) is 86.5 cm³/mol. The molecule has 0 aliphatic carbocycles. The first kappa shape index (κ1) is 16.5. The van der Waals surface area contributed by atoms with E-state index in [0.717, 1.165) is 0 Å². The van der Waals surface area contributed by atoms with Gasteiger partial charge in [-0.2, -0.15) is 10.4 Å². The molecule has 120 valence electrons. The lowest BCUT2D eigenvalue weighted by Gasteiger charge is -2.33. The average Bonchev–Trinajstić information content (AvgIpc) is 2.84. The van der Waals surface area contributed by atoms with Crippen molar-refractivity contribution in [2.75, 3.05) is 19.8 Å². The van der Waals surface area contributed by atoms with Crippen LogP contribution in [-0.4, -0.2) is 33.7 Å². The molecule has 2 N–H and O–H groups in total. The topological polar surface area (TPSA) is 114 Å². The van der Waals surface area contributed by atoms with Gasteiger partial charge in [-0.15, -0.1) is 0 Å². The summed E-state index contributed by atoms with van der Waals surface area (Å²) in [5.74, 6) is 0.263. The summed E-state index contributed by atoms with van der Waals surface area (Å²) in [6.45, 7) is 3.86. The van der Waals surface area contributed by atoms with Crippen LogP contribution in [0.15, 0.2) is 24.3 Å². The number of benzene rings is 1. The third-order valence-electron chi connectivity index (χ3n) is 4.00. The summed E-state index contributed by atoms with van der Waals surface area (Å²) < 4.78 is 1.59. The number of nitriles is 1. The van der Waals surface area contributed by atoms with E-state index in [1.54, 1.807) is 16.8 Å². The Hall–Kier alpha value is -2.92. The normalized spacial score (nSPS) is 11.5. The number of hydrogen-bond acceptors (Lipinski definition) is 6. The Balaban J connectivity index is 2.60. The fraction of sp³-hybridized carbons (Fsp3) is 0.333. The van der Waals surface area contributed by atoms with Crippen molar-refractivity contribution in [1.29, 1.82) is 5.26 Å². The highest BCUT2D eigenvalue weighted by Crippen LogP contribution is 2.32. The van der Waals surface area contributed by atoms with E-state index in [4.69, 9.17) is 5.73 Å². The molecule has 0 radical (unpaired) electrons. The highest BCUT2D eigenvalue weighted by molar-refractivity contribution is 5.73. The van der Waals surface area contributed by atoms with Gasteiger partial charge in [0.2, 0.25) is 0 Å². The van der Waals surface area contributed by atoms with Crippen molar-refractivity contribution in [1.82, 2.24) is 14.7 Å². The van der Waals surface area contributed by atoms with E-state index in [1.807, 2.05) is 32.8 Å². The molecule has 0 aliphatic rings. The molecule has 8 nitrogen and oxygen atoms in total. The molecule has 0 amide bonds. The molecule has 2 aromatic rings. The zero-order valence-corrected chi connectivity index (χ0v) is 13.4. The maximum Gasteiger partial charge on any atom is 0.269 e. The first-order valence-electron chi connectivity index (χ1n) is 6.91. The number of rotatable bonds is 4. The molecule has 0 aliphatic heterocycles. The van der Waals surface area contributed by atoms with Crippen molar-refractivity contribution in [3.8, 4) is 17.3 Å². The summed E-state index contributed by atoms with van der Waals surface area (Å²) in [5, 5.41) is 24.6. The Labute approximate surface area is 133 Å². The van der Waals surface area contributed by atoms with Crippen LogP contribution in [0, 0.1) is 21.4 Å². The number of aromatic nitrogens is 2. The van der Waals surface area contributed by atoms with Crippen LogP contribution in [0.3, 0.4) is 0 Å². The van der Waals surface area contributed by atoms with Gasteiger partial charge >= 0.3 is 0 Å². The Morgan fingerprint density at radius 1 is 1.35 bits per heavy atom. The highest BCUT2D eigenvalue weighted by Gasteiger charge is 2.29. The molecule has 0 bridgehead atoms. The molecule has 1 heterocycles. The van der Waals surface area contributed by atoms with Crippen molar-refractivity contribution in [3.05, 3.63) is 39.9 Å². The molecule has 1 aromatic carbocycles. The predicted octanol–water partition coefficient (Wildman–Crippen LogP) is 2.17. The van der Waals surface area contributed by atoms with Crippen LogP contribution in [0.25, 0.3) is 11.3 Å². The summed E-state index contributed by atoms with van der Waals surface area (Å²) in [6.07, 6.45) is 0. The van der Waals surface area contributed by atoms with Crippen LogP contribution in [0.4, 0.5) is 11.5 Å². The van der Waals surface area contributed by atoms with E-state index in [0.29, 0.717) is 11.3 Å². The summed E-state index contributed by atoms with van der Waals surface area (Å²) in [4.78, 5) is 12.2. The van der Waals surface area contributed by atoms with E-state index in [1.165, 1.54) is 12.1 Å². The quantitative estimate of drug-likeness (QED) is 0.683. The summed E-state index contributed by atoms with van der Waals surface area (Å²) in [7, 11) is 3.78. The third-order valence-corrected chi connectivity index (χ3v) is 4.00. The van der Waals surface area contributed by atoms with Crippen molar-refractivity contribution < 1.29 is 4.92 Å². The maximum atomic E-state index is 10.7. The van der Waals surface area contributed by atoms with Gasteiger partial charge in [-0.25, -0.2) is 4.68 Å². The number of anilines is 1. The summed E-state index contributed by atoms with van der Waals surface area (Å²) >= 11 is 0. The van der Waals surface area contributed by atoms with Gasteiger partial charge in [0.05, 0.1) is 4.92 Å². The van der Waals surface area contributed by atoms with E-state index in [2.05, 4.69) is 11.2 Å². The third kappa shape index (κ3) is 2.74. The van der Waals surface area contributed by atoms with Crippen LogP contribution in [0.2, 0.25) is 0 Å². The number of nitrogen functional groups attached to an aromatic ring is 1. The molecule has 0 saturated carbocycles. The second-order valence-electron chi connectivity index (χ2n) is 5.83. The lowest BCUT2D eigenvalue weighted by Crippen LogP contribution is -2.42. The van der Waals surface area contributed by atoms with Crippen LogP contribution >= 0.6 is 0 Å². The minimum absolute atomic E-state index is 0.0201. The standard InChI is InChI=1S/C15H18N6O2/c1-15(2,19(3)4)20-14(17)12(9-16)13(18-20)10-5-7-11(8-6-10)21(22)23/h5-8H,17H2,1-4H3. The van der Waals surface area contributed by atoms with E-state index in [9.17, 15) is 15.4 Å². The fourth-order valence-electron chi connectivity index (χ4n) is 2.09. The number of nitrogens with zero attached hydrogens (tertiary/aromatic N) is 5. The van der Waals surface area contributed by atoms with Crippen LogP contribution in [0.1, 0.15) is 19.4 Å². The Kier molecular flexibility index (Phi) is 4.08. The van der Waals surface area contributed by atoms with Gasteiger partial charge in [-0.1, -0.05) is 0 Å². The molecule has 0 fully saturated rings. The van der Waals surface area contributed by atoms with Crippen LogP contribution < -0.4 is 5.73 Å². The maximum absolute atomic E-state index is 10.7. The minimum Gasteiger partial charge on any atom is -0.383 e. The molecule has 1 aromatic heterocycles. The molecular formula is C15H18N6O2. The second kappa shape index (κ2) is 5.70. The van der Waals surface area contributed by atoms with Crippen LogP contribution in [-0.2, 0) is 5.66 Å². The van der Waals surface area contributed by atoms with Gasteiger partial charge in [-0.05, 0) is 40.1 Å². The Morgan fingerprint density at radius 2 is 1.91 bits per heavy atom. The minimum atomic E-state index is -0.533. The monoisotopic (exact) mass is 314 g/mol. The number of nitrogens with two attached hydrogens (primary N) is 1. The number of nitro groups is 1. The Bertz CT molecular complexity index is 784. The van der Waals surface area contributed by atoms with Crippen LogP contribution in [0.5, 0.6) is 0 Å². The lowest BCUT2D eigenvalue weighted by atomic mass is 10.1. The molecule has 0 spiro atoms. The fourth-order valence-corrected chi connectivity index (χ4v) is 2.09. The van der Waals surface area contributed by atoms with Crippen molar-refractivity contribution in [2.45, 2.75) is 19.5 Å². The molecule has 0 saturated heterocycles. The second-order valence-corrected chi connectivity index (χ2v) is 5.83. The first-order chi connectivity index (χ1) is 10.7. The van der Waals surface area contributed by atoms with Gasteiger partial charge in [-0.3, -0.25) is 15.0 Å². The summed E-state index contributed by atoms with van der Waals surface area (Å²) in [6, 6.07) is 7.95. The molecule has 2 rings (SSSR count). The van der Waals surface area contributed by atoms with Gasteiger partial charge < -0.3 is 5.73 Å². The first-order valence-corrected chi connectivity index (χ1v) is 6.91. The lowest BCUT2D eigenvalue weighted by molar-refractivity contribution is -0.384. The van der Waals surface area contributed by atoms with Gasteiger partial charge in [0.15, 0.2) is 0 Å². The molecule has 0 atom stereocenters. The smallest absolute Gasteiger partial charge is 0.269 e. The number of hydrogen-bond donors (Lipinski definition) is 1. The zero-order valence-electron chi connectivity index (χ0n) is 13.4. The molecular weight excluding hydrogens is 296 g/mol. The largest absolute Gasteiger partial charge is 0.383 e. The number of nitro benzene ring substituents is 1. The van der Waals surface area contributed by atoms with E-state index < -0.39 is 10.6 Å². The van der Waals surface area contributed by atoms with Crippen molar-refractivity contribution in [3.63, 3.8) is 0 Å². The van der Waals surface area contributed by atoms with E-state index >= 15 is 0 Å². The highest BCUT2D eigenvalue weighted by atomic mass is 16.6. The Morgan fingerprint density at radius 3 is 2.35 bits per heavy atom. The zero-order chi connectivity index (χ0) is 17.4. The summed E-state index contributed by atoms with van der Waals surface area (Å²) in [5.41, 5.74) is 6.82. The molecule has 8 heteroatoms. The molecule has 0 unspecified atom stereocenters. The SMILES string of the molecule is CN(C)C(C)(C)n1nc(-c2ccc([N+](=O)[O-])cc2)c(C#N)c1N. The van der Waals surface area contributed by atoms with E-state index in [-0.39, 0.29) is 17.1 Å². The van der Waals surface area contributed by atoms with Crippen molar-refractivity contribution in [2.24, 2.45) is 0 Å². The number of non-ortho nitro benzene ring substituents is 1. The van der Waals surface area contributed by atoms with Gasteiger partial charge in [0, 0.05) is 17.7 Å². The van der Waals surface area contributed by atoms with Crippen molar-refractivity contribution >= 4 is 11.5 Å². The molecule has 23 heavy (non-hydrogen) atoms. The van der Waals surface area contributed by atoms with Gasteiger partial charge in [0.25, 0.3) is 5.69 Å².